The van der Waals surface area contributed by atoms with Crippen molar-refractivity contribution in [3.05, 3.63) is 84.1 Å². The van der Waals surface area contributed by atoms with Gasteiger partial charge in [0, 0.05) is 31.9 Å². The summed E-state index contributed by atoms with van der Waals surface area (Å²) in [5.41, 5.74) is 2.23. The first kappa shape index (κ1) is 25.6. The molecule has 1 N–H and O–H groups in total. The third kappa shape index (κ3) is 5.60. The summed E-state index contributed by atoms with van der Waals surface area (Å²) in [6, 6.07) is 20.0. The Bertz CT molecular complexity index is 1310. The van der Waals surface area contributed by atoms with Crippen molar-refractivity contribution in [2.45, 2.75) is 25.7 Å². The van der Waals surface area contributed by atoms with Crippen LogP contribution in [0.5, 0.6) is 0 Å². The number of benzene rings is 2. The number of fused-ring (bicyclic) bond motifs is 2. The maximum absolute atomic E-state index is 13.7. The van der Waals surface area contributed by atoms with Gasteiger partial charge < -0.3 is 10.2 Å². The number of nitrogens with zero attached hydrogens (tertiary/aromatic N) is 4. The Balaban J connectivity index is 1.21. The van der Waals surface area contributed by atoms with Gasteiger partial charge in [0.1, 0.15) is 0 Å². The zero-order chi connectivity index (χ0) is 26.5. The zero-order valence-corrected chi connectivity index (χ0v) is 21.7. The van der Waals surface area contributed by atoms with Crippen LogP contribution in [0.15, 0.2) is 72.9 Å². The smallest absolute Gasteiger partial charge is 0.257 e. The molecule has 0 aliphatic carbocycles. The molecule has 1 atom stereocenters. The quantitative estimate of drug-likeness (QED) is 0.502. The molecule has 196 valence electrons. The third-order valence-electron chi connectivity index (χ3n) is 7.32. The van der Waals surface area contributed by atoms with Crippen LogP contribution < -0.4 is 10.2 Å². The highest BCUT2D eigenvalue weighted by atomic mass is 16.2. The molecule has 5 rings (SSSR count). The lowest BCUT2D eigenvalue weighted by atomic mass is 9.93. The molecule has 8 heteroatoms. The second-order valence-corrected chi connectivity index (χ2v) is 10.1. The second-order valence-electron chi connectivity index (χ2n) is 10.1. The Kier molecular flexibility index (Phi) is 7.79. The van der Waals surface area contributed by atoms with Gasteiger partial charge in [0.15, 0.2) is 5.82 Å². The predicted molar refractivity (Wildman–Crippen MR) is 148 cm³/mol. The number of carbonyl (C=O) groups is 3. The van der Waals surface area contributed by atoms with Gasteiger partial charge in [-0.3, -0.25) is 24.2 Å². The van der Waals surface area contributed by atoms with E-state index in [0.717, 1.165) is 38.8 Å². The summed E-state index contributed by atoms with van der Waals surface area (Å²) in [6.07, 6.45) is 5.72. The van der Waals surface area contributed by atoms with Gasteiger partial charge in [0.2, 0.25) is 5.91 Å². The van der Waals surface area contributed by atoms with Gasteiger partial charge in [-0.25, -0.2) is 4.98 Å². The lowest BCUT2D eigenvalue weighted by Gasteiger charge is -2.34. The monoisotopic (exact) mass is 511 g/mol. The molecule has 0 saturated carbocycles. The van der Waals surface area contributed by atoms with Crippen LogP contribution in [-0.2, 0) is 4.79 Å². The maximum atomic E-state index is 13.7. The molecule has 38 heavy (non-hydrogen) atoms. The molecule has 1 unspecified atom stereocenters. The fourth-order valence-electron chi connectivity index (χ4n) is 5.40. The molecule has 8 nitrogen and oxygen atoms in total. The predicted octanol–water partition coefficient (Wildman–Crippen LogP) is 4.58. The van der Waals surface area contributed by atoms with Gasteiger partial charge in [-0.05, 0) is 74.5 Å². The summed E-state index contributed by atoms with van der Waals surface area (Å²) < 4.78 is 0. The minimum absolute atomic E-state index is 0.0426. The largest absolute Gasteiger partial charge is 0.342 e. The Morgan fingerprint density at radius 3 is 2.68 bits per heavy atom. The lowest BCUT2D eigenvalue weighted by molar-refractivity contribution is -0.119. The molecule has 3 aromatic rings. The van der Waals surface area contributed by atoms with Crippen LogP contribution in [0.3, 0.4) is 0 Å². The van der Waals surface area contributed by atoms with E-state index >= 15 is 0 Å². The van der Waals surface area contributed by atoms with E-state index in [9.17, 15) is 14.4 Å². The fourth-order valence-corrected chi connectivity index (χ4v) is 5.40. The summed E-state index contributed by atoms with van der Waals surface area (Å²) in [7, 11) is 1.85. The molecule has 0 bridgehead atoms. The van der Waals surface area contributed by atoms with Crippen LogP contribution in [0.4, 0.5) is 17.2 Å². The number of hydrogen-bond acceptors (Lipinski definition) is 5. The first-order chi connectivity index (χ1) is 18.5. The van der Waals surface area contributed by atoms with Gasteiger partial charge >= 0.3 is 0 Å². The summed E-state index contributed by atoms with van der Waals surface area (Å²) in [5.74, 6) is 0.597. The highest BCUT2D eigenvalue weighted by Gasteiger charge is 2.32. The van der Waals surface area contributed by atoms with E-state index in [4.69, 9.17) is 0 Å². The van der Waals surface area contributed by atoms with E-state index in [1.807, 2.05) is 43.4 Å². The Morgan fingerprint density at radius 2 is 1.84 bits per heavy atom. The van der Waals surface area contributed by atoms with Crippen molar-refractivity contribution in [2.75, 3.05) is 43.4 Å². The Labute approximate surface area is 223 Å². The number of pyridine rings is 1. The van der Waals surface area contributed by atoms with Crippen LogP contribution in [0.1, 0.15) is 46.4 Å². The average molecular weight is 512 g/mol. The summed E-state index contributed by atoms with van der Waals surface area (Å²) in [4.78, 5) is 49.2. The molecule has 2 aromatic carbocycles. The maximum Gasteiger partial charge on any atom is 0.257 e. The summed E-state index contributed by atoms with van der Waals surface area (Å²) >= 11 is 0. The van der Waals surface area contributed by atoms with Gasteiger partial charge in [-0.2, -0.15) is 0 Å². The number of likely N-dealkylation sites (tertiary alicyclic amines) is 1. The van der Waals surface area contributed by atoms with E-state index in [-0.39, 0.29) is 24.3 Å². The lowest BCUT2D eigenvalue weighted by Crippen LogP contribution is -2.43. The number of carbonyl (C=O) groups excluding carboxylic acids is 3. The van der Waals surface area contributed by atoms with Crippen LogP contribution in [0, 0.1) is 5.92 Å². The third-order valence-corrected chi connectivity index (χ3v) is 7.32. The van der Waals surface area contributed by atoms with E-state index < -0.39 is 0 Å². The van der Waals surface area contributed by atoms with Gasteiger partial charge in [-0.1, -0.05) is 30.3 Å². The highest BCUT2D eigenvalue weighted by Crippen LogP contribution is 2.36. The van der Waals surface area contributed by atoms with E-state index in [0.29, 0.717) is 40.8 Å². The first-order valence-electron chi connectivity index (χ1n) is 13.2. The average Bonchev–Trinajstić information content (AvgIpc) is 3.07. The molecule has 0 radical (unpaired) electrons. The molecule has 2 aliphatic rings. The Morgan fingerprint density at radius 1 is 1.05 bits per heavy atom. The summed E-state index contributed by atoms with van der Waals surface area (Å²) in [5, 5.41) is 2.89. The number of anilines is 3. The number of amides is 3. The van der Waals surface area contributed by atoms with Crippen molar-refractivity contribution in [3.8, 4) is 0 Å². The molecular formula is C30H33N5O3. The van der Waals surface area contributed by atoms with Crippen LogP contribution in [0.25, 0.3) is 0 Å². The minimum atomic E-state index is -0.251. The van der Waals surface area contributed by atoms with Crippen LogP contribution in [0.2, 0.25) is 0 Å². The standard InChI is InChI=1S/C30H33N5O3/c1-33(30(38)23-12-3-2-4-13-23)18-8-10-22-11-9-19-34(20-22)21-27(36)35-26-16-6-5-14-24(26)29(37)32-25-15-7-17-31-28(25)35/h2-7,12-17,22H,8-11,18-21H2,1H3,(H,32,37). The number of para-hydroxylation sites is 1. The molecule has 1 fully saturated rings. The van der Waals surface area contributed by atoms with Crippen molar-refractivity contribution in [1.82, 2.24) is 14.8 Å². The SMILES string of the molecule is CN(CCCC1CCCN(CC(=O)N2c3ccccc3C(=O)Nc3cccnc32)C1)C(=O)c1ccccc1. The van der Waals surface area contributed by atoms with Gasteiger partial charge in [0.25, 0.3) is 11.8 Å². The normalized spacial score (nSPS) is 17.1. The first-order valence-corrected chi connectivity index (χ1v) is 13.2. The van der Waals surface area contributed by atoms with Crippen molar-refractivity contribution in [3.63, 3.8) is 0 Å². The number of hydrogen-bond donors (Lipinski definition) is 1. The van der Waals surface area contributed by atoms with Crippen molar-refractivity contribution in [1.29, 1.82) is 0 Å². The molecule has 0 spiro atoms. The van der Waals surface area contributed by atoms with Crippen LogP contribution >= 0.6 is 0 Å². The Hall–Kier alpha value is -4.04. The second kappa shape index (κ2) is 11.6. The van der Waals surface area contributed by atoms with E-state index in [1.54, 1.807) is 46.3 Å². The van der Waals surface area contributed by atoms with E-state index in [1.165, 1.54) is 0 Å². The highest BCUT2D eigenvalue weighted by molar-refractivity contribution is 6.17. The fraction of sp³-hybridized carbons (Fsp3) is 0.333. The molecule has 1 aromatic heterocycles. The molecule has 1 saturated heterocycles. The zero-order valence-electron chi connectivity index (χ0n) is 21.7. The number of aromatic nitrogens is 1. The van der Waals surface area contributed by atoms with Crippen molar-refractivity contribution >= 4 is 34.9 Å². The summed E-state index contributed by atoms with van der Waals surface area (Å²) in [6.45, 7) is 2.65. The number of rotatable bonds is 7. The number of nitrogens with one attached hydrogen (secondary N) is 1. The molecule has 3 heterocycles. The van der Waals surface area contributed by atoms with Gasteiger partial charge in [-0.15, -0.1) is 0 Å². The van der Waals surface area contributed by atoms with Gasteiger partial charge in [0.05, 0.1) is 23.5 Å². The molecule has 2 aliphatic heterocycles. The number of piperidine rings is 1. The topological polar surface area (TPSA) is 85.8 Å². The van der Waals surface area contributed by atoms with Crippen molar-refractivity contribution in [2.24, 2.45) is 5.92 Å². The molecular weight excluding hydrogens is 478 g/mol. The minimum Gasteiger partial charge on any atom is -0.342 e. The molecule has 3 amide bonds. The van der Waals surface area contributed by atoms with Crippen LogP contribution in [-0.4, -0.2) is 65.7 Å². The van der Waals surface area contributed by atoms with E-state index in [2.05, 4.69) is 15.2 Å². The van der Waals surface area contributed by atoms with Crippen molar-refractivity contribution < 1.29 is 14.4 Å².